The molecule has 1 unspecified atom stereocenters. The summed E-state index contributed by atoms with van der Waals surface area (Å²) in [5, 5.41) is 7.17. The second-order valence-corrected chi connectivity index (χ2v) is 12.1. The Hall–Kier alpha value is -5.61. The zero-order chi connectivity index (χ0) is 34.1. The summed E-state index contributed by atoms with van der Waals surface area (Å²) in [7, 11) is 0. The number of para-hydroxylation sites is 1. The molecule has 0 aromatic heterocycles. The minimum Gasteiger partial charge on any atom is -0.325 e. The van der Waals surface area contributed by atoms with E-state index in [1.165, 1.54) is 18.2 Å². The summed E-state index contributed by atoms with van der Waals surface area (Å²) in [6.45, 7) is 1.59. The fourth-order valence-electron chi connectivity index (χ4n) is 4.66. The van der Waals surface area contributed by atoms with Crippen LogP contribution in [0.5, 0.6) is 0 Å². The third-order valence-corrected chi connectivity index (χ3v) is 8.25. The van der Waals surface area contributed by atoms with Gasteiger partial charge in [-0.2, -0.15) is 13.2 Å². The van der Waals surface area contributed by atoms with E-state index in [4.69, 9.17) is 0 Å². The Kier molecular flexibility index (Phi) is 10.8. The van der Waals surface area contributed by atoms with E-state index in [0.717, 1.165) is 29.0 Å². The van der Waals surface area contributed by atoms with Crippen LogP contribution >= 0.6 is 11.8 Å². The van der Waals surface area contributed by atoms with E-state index in [1.807, 2.05) is 54.6 Å². The highest BCUT2D eigenvalue weighted by molar-refractivity contribution is 8.00. The van der Waals surface area contributed by atoms with Crippen molar-refractivity contribution in [2.24, 2.45) is 0 Å². The van der Waals surface area contributed by atoms with Crippen molar-refractivity contribution in [2.75, 3.05) is 10.6 Å². The van der Waals surface area contributed by atoms with Crippen LogP contribution in [0.25, 0.3) is 17.2 Å². The van der Waals surface area contributed by atoms with Gasteiger partial charge in [0.15, 0.2) is 0 Å². The minimum absolute atomic E-state index is 0.0270. The van der Waals surface area contributed by atoms with Crippen molar-refractivity contribution in [3.63, 3.8) is 0 Å². The van der Waals surface area contributed by atoms with Gasteiger partial charge >= 0.3 is 6.18 Å². The van der Waals surface area contributed by atoms with Gasteiger partial charge in [0, 0.05) is 16.1 Å². The van der Waals surface area contributed by atoms with Crippen LogP contribution in [0.2, 0.25) is 0 Å². The first-order chi connectivity index (χ1) is 23.1. The number of carbonyl (C=O) groups excluding carboxylic acids is 3. The predicted octanol–water partition coefficient (Wildman–Crippen LogP) is 8.90. The molecule has 5 aromatic carbocycles. The number of amides is 3. The molecule has 0 radical (unpaired) electrons. The van der Waals surface area contributed by atoms with Gasteiger partial charge in [0.25, 0.3) is 11.8 Å². The van der Waals surface area contributed by atoms with Gasteiger partial charge in [-0.25, -0.2) is 0 Å². The van der Waals surface area contributed by atoms with E-state index in [0.29, 0.717) is 21.7 Å². The maximum atomic E-state index is 13.5. The summed E-state index contributed by atoms with van der Waals surface area (Å²) in [6, 6.07) is 37.4. The summed E-state index contributed by atoms with van der Waals surface area (Å²) in [5.41, 5.74) is 2.36. The Morgan fingerprint density at radius 1 is 0.688 bits per heavy atom. The topological polar surface area (TPSA) is 87.3 Å². The number of halogens is 3. The van der Waals surface area contributed by atoms with Crippen LogP contribution in [0, 0.1) is 0 Å². The summed E-state index contributed by atoms with van der Waals surface area (Å²) in [4.78, 5) is 39.8. The average molecular weight is 666 g/mol. The molecule has 5 aromatic rings. The van der Waals surface area contributed by atoms with E-state index >= 15 is 0 Å². The molecule has 0 aliphatic heterocycles. The Morgan fingerprint density at radius 2 is 1.27 bits per heavy atom. The van der Waals surface area contributed by atoms with Crippen molar-refractivity contribution in [3.8, 4) is 11.1 Å². The Bertz CT molecular complexity index is 1910. The fraction of sp³-hybridized carbons (Fsp3) is 0.0789. The lowest BCUT2D eigenvalue weighted by molar-refractivity contribution is -0.137. The lowest BCUT2D eigenvalue weighted by atomic mass is 10.0. The molecular formula is C38H30F3N3O3S. The monoisotopic (exact) mass is 665 g/mol. The number of alkyl halides is 3. The number of hydrogen-bond acceptors (Lipinski definition) is 4. The highest BCUT2D eigenvalue weighted by atomic mass is 32.2. The number of carbonyl (C=O) groups is 3. The molecule has 10 heteroatoms. The van der Waals surface area contributed by atoms with Crippen molar-refractivity contribution < 1.29 is 27.6 Å². The molecule has 0 bridgehead atoms. The van der Waals surface area contributed by atoms with Gasteiger partial charge in [-0.3, -0.25) is 14.4 Å². The molecule has 3 amide bonds. The predicted molar refractivity (Wildman–Crippen MR) is 184 cm³/mol. The molecule has 0 saturated carbocycles. The second kappa shape index (κ2) is 15.3. The van der Waals surface area contributed by atoms with E-state index in [9.17, 15) is 27.6 Å². The zero-order valence-corrected chi connectivity index (χ0v) is 26.4. The molecule has 0 aliphatic carbocycles. The lowest BCUT2D eigenvalue weighted by Gasteiger charge is -2.16. The SMILES string of the molecule is CC(Sc1ccc(NC(=O)/C(=C/c2ccc(-c3ccccc3)cc2)NC(=O)c2ccccc2)cc1)C(=O)Nc1ccccc1C(F)(F)F. The maximum absolute atomic E-state index is 13.5. The normalized spacial score (nSPS) is 12.1. The van der Waals surface area contributed by atoms with Gasteiger partial charge < -0.3 is 16.0 Å². The number of rotatable bonds is 10. The standard InChI is InChI=1S/C38H30F3N3O3S/c1-25(35(45)43-33-15-9-8-14-32(33)38(39,40)41)48-31-22-20-30(21-23-31)42-37(47)34(44-36(46)29-12-6-3-7-13-29)24-26-16-18-28(19-17-26)27-10-4-2-5-11-27/h2-25H,1H3,(H,42,47)(H,43,45)(H,44,46)/b34-24-. The van der Waals surface area contributed by atoms with Gasteiger partial charge in [0.2, 0.25) is 5.91 Å². The molecule has 48 heavy (non-hydrogen) atoms. The van der Waals surface area contributed by atoms with Gasteiger partial charge in [-0.05, 0) is 78.2 Å². The lowest BCUT2D eigenvalue weighted by Crippen LogP contribution is -2.30. The number of benzene rings is 5. The van der Waals surface area contributed by atoms with Gasteiger partial charge in [0.05, 0.1) is 16.5 Å². The summed E-state index contributed by atoms with van der Waals surface area (Å²) < 4.78 is 40.0. The molecular weight excluding hydrogens is 635 g/mol. The van der Waals surface area contributed by atoms with Crippen molar-refractivity contribution >= 4 is 46.9 Å². The van der Waals surface area contributed by atoms with Gasteiger partial charge in [0.1, 0.15) is 5.70 Å². The number of anilines is 2. The molecule has 0 heterocycles. The number of thioether (sulfide) groups is 1. The largest absolute Gasteiger partial charge is 0.418 e. The second-order valence-electron chi connectivity index (χ2n) is 10.6. The van der Waals surface area contributed by atoms with E-state index in [-0.39, 0.29) is 11.4 Å². The molecule has 3 N–H and O–H groups in total. The minimum atomic E-state index is -4.60. The molecule has 6 nitrogen and oxygen atoms in total. The molecule has 0 fully saturated rings. The fourth-order valence-corrected chi connectivity index (χ4v) is 5.53. The smallest absolute Gasteiger partial charge is 0.325 e. The van der Waals surface area contributed by atoms with Crippen LogP contribution in [-0.4, -0.2) is 23.0 Å². The van der Waals surface area contributed by atoms with Crippen LogP contribution in [0.15, 0.2) is 144 Å². The van der Waals surface area contributed by atoms with Crippen LogP contribution in [0.4, 0.5) is 24.5 Å². The first-order valence-corrected chi connectivity index (χ1v) is 15.7. The van der Waals surface area contributed by atoms with Crippen LogP contribution in [0.3, 0.4) is 0 Å². The highest BCUT2D eigenvalue weighted by Gasteiger charge is 2.34. The highest BCUT2D eigenvalue weighted by Crippen LogP contribution is 2.35. The Balaban J connectivity index is 1.27. The third kappa shape index (κ3) is 9.01. The van der Waals surface area contributed by atoms with Crippen LogP contribution in [-0.2, 0) is 15.8 Å². The Labute approximate surface area is 280 Å². The molecule has 0 saturated heterocycles. The maximum Gasteiger partial charge on any atom is 0.418 e. The van der Waals surface area contributed by atoms with E-state index in [2.05, 4.69) is 16.0 Å². The quantitative estimate of drug-likeness (QED) is 0.103. The van der Waals surface area contributed by atoms with Crippen molar-refractivity contribution in [1.82, 2.24) is 5.32 Å². The zero-order valence-electron chi connectivity index (χ0n) is 25.6. The number of nitrogens with one attached hydrogen (secondary N) is 3. The summed E-state index contributed by atoms with van der Waals surface area (Å²) in [5.74, 6) is -1.59. The van der Waals surface area contributed by atoms with Crippen molar-refractivity contribution in [1.29, 1.82) is 0 Å². The summed E-state index contributed by atoms with van der Waals surface area (Å²) in [6.07, 6.45) is -3.01. The first kappa shape index (κ1) is 33.7. The Morgan fingerprint density at radius 3 is 1.92 bits per heavy atom. The average Bonchev–Trinajstić information content (AvgIpc) is 3.09. The van der Waals surface area contributed by atoms with Crippen molar-refractivity contribution in [3.05, 3.63) is 156 Å². The molecule has 0 spiro atoms. The van der Waals surface area contributed by atoms with Crippen molar-refractivity contribution in [2.45, 2.75) is 23.2 Å². The van der Waals surface area contributed by atoms with E-state index < -0.39 is 34.7 Å². The molecule has 1 atom stereocenters. The summed E-state index contributed by atoms with van der Waals surface area (Å²) >= 11 is 1.15. The number of hydrogen-bond donors (Lipinski definition) is 3. The van der Waals surface area contributed by atoms with E-state index in [1.54, 1.807) is 67.6 Å². The third-order valence-electron chi connectivity index (χ3n) is 7.14. The molecule has 242 valence electrons. The first-order valence-electron chi connectivity index (χ1n) is 14.9. The van der Waals surface area contributed by atoms with Crippen LogP contribution < -0.4 is 16.0 Å². The molecule has 5 rings (SSSR count). The van der Waals surface area contributed by atoms with Crippen LogP contribution in [0.1, 0.15) is 28.4 Å². The molecule has 0 aliphatic rings. The van der Waals surface area contributed by atoms with Gasteiger partial charge in [-0.1, -0.05) is 84.9 Å². The van der Waals surface area contributed by atoms with Gasteiger partial charge in [-0.15, -0.1) is 11.8 Å².